The van der Waals surface area contributed by atoms with Gasteiger partial charge in [-0.3, -0.25) is 14.4 Å². The van der Waals surface area contributed by atoms with Crippen molar-refractivity contribution in [1.29, 1.82) is 0 Å². The highest BCUT2D eigenvalue weighted by molar-refractivity contribution is 6.35. The second-order valence-electron chi connectivity index (χ2n) is 3.51. The van der Waals surface area contributed by atoms with E-state index in [4.69, 9.17) is 5.73 Å². The van der Waals surface area contributed by atoms with Crippen molar-refractivity contribution in [3.63, 3.8) is 0 Å². The van der Waals surface area contributed by atoms with E-state index in [2.05, 4.69) is 10.6 Å². The number of carbonyl (C=O) groups is 3. The summed E-state index contributed by atoms with van der Waals surface area (Å²) < 4.78 is 0. The van der Waals surface area contributed by atoms with Gasteiger partial charge in [0, 0.05) is 39.1 Å². The van der Waals surface area contributed by atoms with Crippen molar-refractivity contribution < 1.29 is 14.4 Å². The van der Waals surface area contributed by atoms with Crippen LogP contribution in [0.4, 0.5) is 0 Å². The van der Waals surface area contributed by atoms with Crippen LogP contribution in [0.15, 0.2) is 0 Å². The molecule has 3 amide bonds. The second-order valence-corrected chi connectivity index (χ2v) is 3.51. The van der Waals surface area contributed by atoms with Gasteiger partial charge in [0.1, 0.15) is 0 Å². The Labute approximate surface area is 93.3 Å². The molecule has 4 N–H and O–H groups in total. The number of hydrogen-bond acceptors (Lipinski definition) is 4. The molecule has 0 aromatic heterocycles. The number of rotatable bonds is 3. The van der Waals surface area contributed by atoms with Crippen molar-refractivity contribution in [2.45, 2.75) is 6.42 Å². The third kappa shape index (κ3) is 3.85. The quantitative estimate of drug-likeness (QED) is 0.461. The monoisotopic (exact) mass is 228 g/mol. The maximum absolute atomic E-state index is 11.5. The molecular weight excluding hydrogens is 212 g/mol. The highest BCUT2D eigenvalue weighted by Crippen LogP contribution is 1.93. The number of nitrogens with one attached hydrogen (secondary N) is 2. The molecule has 0 aromatic rings. The van der Waals surface area contributed by atoms with Crippen LogP contribution in [0.5, 0.6) is 0 Å². The molecule has 1 fully saturated rings. The largest absolute Gasteiger partial charge is 0.370 e. The van der Waals surface area contributed by atoms with E-state index in [1.54, 1.807) is 0 Å². The van der Waals surface area contributed by atoms with Crippen molar-refractivity contribution in [2.75, 3.05) is 32.7 Å². The van der Waals surface area contributed by atoms with Crippen LogP contribution in [0.3, 0.4) is 0 Å². The van der Waals surface area contributed by atoms with E-state index in [0.29, 0.717) is 26.2 Å². The summed E-state index contributed by atoms with van der Waals surface area (Å²) in [5.41, 5.74) is 4.90. The predicted octanol–water partition coefficient (Wildman–Crippen LogP) is -2.59. The molecule has 7 nitrogen and oxygen atoms in total. The van der Waals surface area contributed by atoms with Gasteiger partial charge in [0.2, 0.25) is 5.91 Å². The number of piperazine rings is 1. The van der Waals surface area contributed by atoms with E-state index in [0.717, 1.165) is 0 Å². The van der Waals surface area contributed by atoms with E-state index >= 15 is 0 Å². The minimum absolute atomic E-state index is 0.0422. The lowest BCUT2D eigenvalue weighted by Gasteiger charge is -2.26. The Hall–Kier alpha value is -1.63. The summed E-state index contributed by atoms with van der Waals surface area (Å²) >= 11 is 0. The fourth-order valence-corrected chi connectivity index (χ4v) is 1.39. The number of nitrogens with zero attached hydrogens (tertiary/aromatic N) is 1. The molecule has 1 aliphatic heterocycles. The molecule has 1 saturated heterocycles. The lowest BCUT2D eigenvalue weighted by atomic mass is 10.3. The first-order valence-corrected chi connectivity index (χ1v) is 5.17. The zero-order chi connectivity index (χ0) is 12.0. The van der Waals surface area contributed by atoms with Gasteiger partial charge in [-0.1, -0.05) is 0 Å². The number of amides is 3. The molecule has 0 atom stereocenters. The van der Waals surface area contributed by atoms with Gasteiger partial charge in [0.15, 0.2) is 0 Å². The molecule has 7 heteroatoms. The van der Waals surface area contributed by atoms with Crippen LogP contribution in [-0.4, -0.2) is 55.3 Å². The fourth-order valence-electron chi connectivity index (χ4n) is 1.39. The van der Waals surface area contributed by atoms with Gasteiger partial charge in [-0.15, -0.1) is 0 Å². The highest BCUT2D eigenvalue weighted by Gasteiger charge is 2.22. The van der Waals surface area contributed by atoms with Crippen LogP contribution in [0.25, 0.3) is 0 Å². The Bertz CT molecular complexity index is 286. The summed E-state index contributed by atoms with van der Waals surface area (Å²) in [6, 6.07) is 0. The van der Waals surface area contributed by atoms with Crippen molar-refractivity contribution in [3.05, 3.63) is 0 Å². The molecule has 0 radical (unpaired) electrons. The lowest BCUT2D eigenvalue weighted by Crippen LogP contribution is -2.51. The van der Waals surface area contributed by atoms with Gasteiger partial charge in [0.25, 0.3) is 0 Å². The maximum atomic E-state index is 11.5. The SMILES string of the molecule is NC(=O)CCNC(=O)C(=O)N1CCNCC1. The summed E-state index contributed by atoms with van der Waals surface area (Å²) in [7, 11) is 0. The van der Waals surface area contributed by atoms with Crippen molar-refractivity contribution in [3.8, 4) is 0 Å². The van der Waals surface area contributed by atoms with Crippen molar-refractivity contribution in [2.24, 2.45) is 5.73 Å². The minimum atomic E-state index is -0.678. The van der Waals surface area contributed by atoms with Gasteiger partial charge in [-0.25, -0.2) is 0 Å². The Kier molecular flexibility index (Phi) is 4.71. The summed E-state index contributed by atoms with van der Waals surface area (Å²) in [6.45, 7) is 2.55. The first-order valence-electron chi connectivity index (χ1n) is 5.17. The third-order valence-electron chi connectivity index (χ3n) is 2.26. The Morgan fingerprint density at radius 2 is 1.88 bits per heavy atom. The van der Waals surface area contributed by atoms with E-state index in [1.807, 2.05) is 0 Å². The first-order chi connectivity index (χ1) is 7.61. The standard InChI is InChI=1S/C9H16N4O3/c10-7(14)1-2-12-8(15)9(16)13-5-3-11-4-6-13/h11H,1-6H2,(H2,10,14)(H,12,15). The number of carbonyl (C=O) groups excluding carboxylic acids is 3. The summed E-state index contributed by atoms with van der Waals surface area (Å²) in [6.07, 6.45) is 0.0422. The highest BCUT2D eigenvalue weighted by atomic mass is 16.2. The molecule has 1 heterocycles. The predicted molar refractivity (Wildman–Crippen MR) is 56.3 cm³/mol. The maximum Gasteiger partial charge on any atom is 0.311 e. The molecule has 0 aromatic carbocycles. The molecule has 1 rings (SSSR count). The second kappa shape index (κ2) is 6.06. The average molecular weight is 228 g/mol. The molecule has 0 unspecified atom stereocenters. The van der Waals surface area contributed by atoms with Crippen molar-refractivity contribution >= 4 is 17.7 Å². The Morgan fingerprint density at radius 3 is 2.44 bits per heavy atom. The van der Waals surface area contributed by atoms with Gasteiger partial charge in [-0.2, -0.15) is 0 Å². The lowest BCUT2D eigenvalue weighted by molar-refractivity contribution is -0.146. The molecule has 1 aliphatic rings. The smallest absolute Gasteiger partial charge is 0.311 e. The molecule has 0 bridgehead atoms. The minimum Gasteiger partial charge on any atom is -0.370 e. The van der Waals surface area contributed by atoms with Crippen LogP contribution < -0.4 is 16.4 Å². The zero-order valence-corrected chi connectivity index (χ0v) is 8.99. The zero-order valence-electron chi connectivity index (χ0n) is 8.99. The van der Waals surface area contributed by atoms with Gasteiger partial charge in [-0.05, 0) is 0 Å². The summed E-state index contributed by atoms with van der Waals surface area (Å²) in [5, 5.41) is 5.44. The van der Waals surface area contributed by atoms with Crippen molar-refractivity contribution in [1.82, 2.24) is 15.5 Å². The fraction of sp³-hybridized carbons (Fsp3) is 0.667. The topological polar surface area (TPSA) is 105 Å². The van der Waals surface area contributed by atoms with Gasteiger partial charge >= 0.3 is 11.8 Å². The van der Waals surface area contributed by atoms with E-state index in [1.165, 1.54) is 4.90 Å². The van der Waals surface area contributed by atoms with E-state index < -0.39 is 17.7 Å². The van der Waals surface area contributed by atoms with Gasteiger partial charge in [0.05, 0.1) is 0 Å². The molecule has 0 spiro atoms. The number of primary amides is 1. The average Bonchev–Trinajstić information content (AvgIpc) is 2.28. The van der Waals surface area contributed by atoms with Crippen LogP contribution in [-0.2, 0) is 14.4 Å². The van der Waals surface area contributed by atoms with Gasteiger partial charge < -0.3 is 21.3 Å². The molecule has 0 aliphatic carbocycles. The third-order valence-corrected chi connectivity index (χ3v) is 2.26. The molecule has 90 valence electrons. The van der Waals surface area contributed by atoms with E-state index in [-0.39, 0.29) is 13.0 Å². The van der Waals surface area contributed by atoms with Crippen LogP contribution >= 0.6 is 0 Å². The number of nitrogens with two attached hydrogens (primary N) is 1. The number of hydrogen-bond donors (Lipinski definition) is 3. The normalized spacial score (nSPS) is 15.6. The Morgan fingerprint density at radius 1 is 1.25 bits per heavy atom. The molecular formula is C9H16N4O3. The first kappa shape index (κ1) is 12.4. The summed E-state index contributed by atoms with van der Waals surface area (Å²) in [4.78, 5) is 34.8. The van der Waals surface area contributed by atoms with Crippen LogP contribution in [0.2, 0.25) is 0 Å². The molecule has 16 heavy (non-hydrogen) atoms. The molecule has 0 saturated carbocycles. The Balaban J connectivity index is 2.29. The summed E-state index contributed by atoms with van der Waals surface area (Å²) in [5.74, 6) is -1.73. The van der Waals surface area contributed by atoms with Crippen LogP contribution in [0, 0.1) is 0 Å². The van der Waals surface area contributed by atoms with Crippen LogP contribution in [0.1, 0.15) is 6.42 Å². The van der Waals surface area contributed by atoms with E-state index in [9.17, 15) is 14.4 Å².